The molecule has 0 saturated heterocycles. The maximum atomic E-state index is 3.76. The molecule has 0 spiro atoms. The standard InChI is InChI=1S/C15H24/c1-8-12(3)10-14(9-2)11-13(4)15(5,6)7/h8-11H,1H2,2-7H3/b12-10-,13-11+,14-9?. The van der Waals surface area contributed by atoms with Crippen LogP contribution in [0.25, 0.3) is 0 Å². The Labute approximate surface area is 95.1 Å². The van der Waals surface area contributed by atoms with Crippen LogP contribution in [0.4, 0.5) is 0 Å². The molecule has 0 radical (unpaired) electrons. The van der Waals surface area contributed by atoms with Gasteiger partial charge in [0.2, 0.25) is 0 Å². The van der Waals surface area contributed by atoms with Gasteiger partial charge >= 0.3 is 0 Å². The third-order valence-corrected chi connectivity index (χ3v) is 2.62. The van der Waals surface area contributed by atoms with Crippen molar-refractivity contribution in [3.8, 4) is 0 Å². The van der Waals surface area contributed by atoms with E-state index < -0.39 is 0 Å². The molecule has 0 atom stereocenters. The molecule has 0 unspecified atom stereocenters. The van der Waals surface area contributed by atoms with E-state index in [0.29, 0.717) is 0 Å². The minimum Gasteiger partial charge on any atom is -0.0988 e. The van der Waals surface area contributed by atoms with Crippen LogP contribution in [0.2, 0.25) is 0 Å². The van der Waals surface area contributed by atoms with E-state index >= 15 is 0 Å². The summed E-state index contributed by atoms with van der Waals surface area (Å²) in [4.78, 5) is 0. The minimum absolute atomic E-state index is 0.240. The number of hydrogen-bond acceptors (Lipinski definition) is 0. The Bertz CT molecular complexity index is 303. The Morgan fingerprint density at radius 2 is 1.60 bits per heavy atom. The van der Waals surface area contributed by atoms with Gasteiger partial charge in [-0.2, -0.15) is 0 Å². The summed E-state index contributed by atoms with van der Waals surface area (Å²) in [5.74, 6) is 0. The smallest absolute Gasteiger partial charge is 0.0172 e. The van der Waals surface area contributed by atoms with E-state index in [-0.39, 0.29) is 5.41 Å². The van der Waals surface area contributed by atoms with Crippen molar-refractivity contribution in [2.75, 3.05) is 0 Å². The highest BCUT2D eigenvalue weighted by atomic mass is 14.2. The second-order valence-electron chi connectivity index (χ2n) is 4.96. The van der Waals surface area contributed by atoms with Crippen molar-refractivity contribution in [3.05, 3.63) is 47.6 Å². The summed E-state index contributed by atoms with van der Waals surface area (Å²) in [6.07, 6.45) is 8.40. The van der Waals surface area contributed by atoms with Crippen molar-refractivity contribution < 1.29 is 0 Å². The number of hydrogen-bond donors (Lipinski definition) is 0. The zero-order chi connectivity index (χ0) is 12.1. The van der Waals surface area contributed by atoms with E-state index in [2.05, 4.69) is 66.3 Å². The Balaban J connectivity index is 4.99. The fourth-order valence-corrected chi connectivity index (χ4v) is 0.997. The molecule has 0 amide bonds. The van der Waals surface area contributed by atoms with Gasteiger partial charge < -0.3 is 0 Å². The summed E-state index contributed by atoms with van der Waals surface area (Å²) in [7, 11) is 0. The summed E-state index contributed by atoms with van der Waals surface area (Å²) in [6.45, 7) is 16.8. The van der Waals surface area contributed by atoms with E-state index in [4.69, 9.17) is 0 Å². The van der Waals surface area contributed by atoms with E-state index in [1.807, 2.05) is 6.08 Å². The first-order chi connectivity index (χ1) is 6.81. The van der Waals surface area contributed by atoms with Gasteiger partial charge in [-0.25, -0.2) is 0 Å². The van der Waals surface area contributed by atoms with Gasteiger partial charge in [0.05, 0.1) is 0 Å². The molecule has 0 aromatic rings. The van der Waals surface area contributed by atoms with Crippen LogP contribution >= 0.6 is 0 Å². The maximum Gasteiger partial charge on any atom is -0.0172 e. The predicted molar refractivity (Wildman–Crippen MR) is 70.9 cm³/mol. The summed E-state index contributed by atoms with van der Waals surface area (Å²) in [5, 5.41) is 0. The molecule has 0 aliphatic heterocycles. The van der Waals surface area contributed by atoms with Crippen molar-refractivity contribution >= 4 is 0 Å². The largest absolute Gasteiger partial charge is 0.0988 e. The van der Waals surface area contributed by atoms with Crippen LogP contribution in [-0.2, 0) is 0 Å². The topological polar surface area (TPSA) is 0 Å². The minimum atomic E-state index is 0.240. The van der Waals surface area contributed by atoms with Gasteiger partial charge in [-0.15, -0.1) is 0 Å². The van der Waals surface area contributed by atoms with Crippen molar-refractivity contribution in [2.24, 2.45) is 5.41 Å². The molecule has 0 heterocycles. The average Bonchev–Trinajstić information content (AvgIpc) is 2.14. The molecular formula is C15H24. The second kappa shape index (κ2) is 5.75. The molecular weight excluding hydrogens is 180 g/mol. The molecule has 0 rings (SSSR count). The highest BCUT2D eigenvalue weighted by Crippen LogP contribution is 2.25. The molecule has 0 fully saturated rings. The quantitative estimate of drug-likeness (QED) is 0.564. The lowest BCUT2D eigenvalue weighted by molar-refractivity contribution is 0.504. The van der Waals surface area contributed by atoms with Crippen LogP contribution in [0, 0.1) is 5.41 Å². The second-order valence-corrected chi connectivity index (χ2v) is 4.96. The van der Waals surface area contributed by atoms with E-state index in [1.54, 1.807) is 0 Å². The van der Waals surface area contributed by atoms with E-state index in [1.165, 1.54) is 16.7 Å². The lowest BCUT2D eigenvalue weighted by Crippen LogP contribution is -2.06. The van der Waals surface area contributed by atoms with Gasteiger partial charge in [-0.1, -0.05) is 62.8 Å². The van der Waals surface area contributed by atoms with Gasteiger partial charge in [0.1, 0.15) is 0 Å². The molecule has 0 nitrogen and oxygen atoms in total. The maximum absolute atomic E-state index is 3.76. The summed E-state index contributed by atoms with van der Waals surface area (Å²) < 4.78 is 0. The Hall–Kier alpha value is -1.04. The zero-order valence-electron chi connectivity index (χ0n) is 11.0. The first-order valence-electron chi connectivity index (χ1n) is 5.47. The number of allylic oxidation sites excluding steroid dienone is 7. The first-order valence-corrected chi connectivity index (χ1v) is 5.47. The third-order valence-electron chi connectivity index (χ3n) is 2.62. The van der Waals surface area contributed by atoms with Crippen LogP contribution in [-0.4, -0.2) is 0 Å². The number of rotatable bonds is 3. The van der Waals surface area contributed by atoms with Crippen molar-refractivity contribution in [2.45, 2.75) is 41.5 Å². The highest BCUT2D eigenvalue weighted by molar-refractivity contribution is 5.37. The highest BCUT2D eigenvalue weighted by Gasteiger charge is 2.11. The molecule has 0 bridgehead atoms. The van der Waals surface area contributed by atoms with Crippen molar-refractivity contribution in [1.82, 2.24) is 0 Å². The van der Waals surface area contributed by atoms with Gasteiger partial charge in [0.15, 0.2) is 0 Å². The molecule has 0 aromatic heterocycles. The Morgan fingerprint density at radius 1 is 1.07 bits per heavy atom. The molecule has 0 aliphatic carbocycles. The van der Waals surface area contributed by atoms with Gasteiger partial charge in [-0.05, 0) is 31.8 Å². The van der Waals surface area contributed by atoms with E-state index in [0.717, 1.165) is 0 Å². The van der Waals surface area contributed by atoms with Crippen LogP contribution in [0.15, 0.2) is 47.6 Å². The SMILES string of the molecule is C=C/C(C)=C\C(=CC)/C=C(\C)C(C)(C)C. The fourth-order valence-electron chi connectivity index (χ4n) is 0.997. The summed E-state index contributed by atoms with van der Waals surface area (Å²) in [6, 6.07) is 0. The predicted octanol–water partition coefficient (Wildman–Crippen LogP) is 5.06. The zero-order valence-corrected chi connectivity index (χ0v) is 11.0. The monoisotopic (exact) mass is 204 g/mol. The van der Waals surface area contributed by atoms with Crippen LogP contribution in [0.3, 0.4) is 0 Å². The average molecular weight is 204 g/mol. The summed E-state index contributed by atoms with van der Waals surface area (Å²) >= 11 is 0. The van der Waals surface area contributed by atoms with Crippen LogP contribution in [0.1, 0.15) is 41.5 Å². The Kier molecular flexibility index (Phi) is 5.35. The summed E-state index contributed by atoms with van der Waals surface area (Å²) in [5.41, 5.74) is 4.08. The molecule has 0 heteroatoms. The van der Waals surface area contributed by atoms with Gasteiger partial charge in [-0.3, -0.25) is 0 Å². The molecule has 0 N–H and O–H groups in total. The lowest BCUT2D eigenvalue weighted by atomic mass is 9.86. The molecule has 84 valence electrons. The van der Waals surface area contributed by atoms with Crippen LogP contribution < -0.4 is 0 Å². The van der Waals surface area contributed by atoms with Crippen molar-refractivity contribution in [3.63, 3.8) is 0 Å². The molecule has 0 aliphatic rings. The third kappa shape index (κ3) is 5.41. The molecule has 0 saturated carbocycles. The first kappa shape index (κ1) is 14.0. The van der Waals surface area contributed by atoms with E-state index in [9.17, 15) is 0 Å². The molecule has 0 aromatic carbocycles. The van der Waals surface area contributed by atoms with Crippen LogP contribution in [0.5, 0.6) is 0 Å². The van der Waals surface area contributed by atoms with Crippen molar-refractivity contribution in [1.29, 1.82) is 0 Å². The molecule has 15 heavy (non-hydrogen) atoms. The fraction of sp³-hybridized carbons (Fsp3) is 0.467. The van der Waals surface area contributed by atoms with Gasteiger partial charge in [0.25, 0.3) is 0 Å². The Morgan fingerprint density at radius 3 is 1.93 bits per heavy atom. The normalized spacial score (nSPS) is 15.5. The van der Waals surface area contributed by atoms with Gasteiger partial charge in [0, 0.05) is 0 Å². The lowest BCUT2D eigenvalue weighted by Gasteiger charge is -2.19.